The third-order valence-corrected chi connectivity index (χ3v) is 4.27. The smallest absolute Gasteiger partial charge is 0.416 e. The third kappa shape index (κ3) is 4.74. The summed E-state index contributed by atoms with van der Waals surface area (Å²) >= 11 is 0. The van der Waals surface area contributed by atoms with E-state index in [0.717, 1.165) is 23.4 Å². The molecular formula is C20H22F3N3O2. The second-order valence-electron chi connectivity index (χ2n) is 7.71. The van der Waals surface area contributed by atoms with E-state index in [1.165, 1.54) is 12.1 Å². The summed E-state index contributed by atoms with van der Waals surface area (Å²) in [5, 5.41) is 2.84. The minimum absolute atomic E-state index is 0.270. The Hall–Kier alpha value is -2.77. The molecule has 28 heavy (non-hydrogen) atoms. The van der Waals surface area contributed by atoms with Gasteiger partial charge in [0.2, 0.25) is 0 Å². The fraction of sp³-hybridized carbons (Fsp3) is 0.400. The predicted molar refractivity (Wildman–Crippen MR) is 99.5 cm³/mol. The first kappa shape index (κ1) is 20.0. The number of hydrogen-bond donors (Lipinski definition) is 1. The quantitative estimate of drug-likeness (QED) is 0.804. The molecule has 0 spiro atoms. The van der Waals surface area contributed by atoms with Gasteiger partial charge in [-0.05, 0) is 63.1 Å². The number of alkyl carbamates (subject to hydrolysis) is 1. The number of anilines is 2. The van der Waals surface area contributed by atoms with Gasteiger partial charge < -0.3 is 15.0 Å². The summed E-state index contributed by atoms with van der Waals surface area (Å²) in [6, 6.07) is 6.53. The van der Waals surface area contributed by atoms with Crippen LogP contribution in [0.25, 0.3) is 0 Å². The number of aromatic nitrogens is 1. The van der Waals surface area contributed by atoms with E-state index in [1.807, 2.05) is 11.0 Å². The van der Waals surface area contributed by atoms with Gasteiger partial charge in [-0.2, -0.15) is 13.2 Å². The van der Waals surface area contributed by atoms with Gasteiger partial charge >= 0.3 is 12.3 Å². The highest BCUT2D eigenvalue weighted by Crippen LogP contribution is 2.35. The molecular weight excluding hydrogens is 371 g/mol. The molecule has 0 saturated heterocycles. The molecule has 1 amide bonds. The summed E-state index contributed by atoms with van der Waals surface area (Å²) in [5.41, 5.74) is 1.04. The minimum atomic E-state index is -4.39. The summed E-state index contributed by atoms with van der Waals surface area (Å²) < 4.78 is 43.9. The van der Waals surface area contributed by atoms with E-state index in [1.54, 1.807) is 33.2 Å². The van der Waals surface area contributed by atoms with Crippen molar-refractivity contribution in [1.82, 2.24) is 10.3 Å². The molecule has 150 valence electrons. The zero-order chi connectivity index (χ0) is 20.5. The molecule has 1 aliphatic rings. The van der Waals surface area contributed by atoms with E-state index in [-0.39, 0.29) is 6.04 Å². The maximum Gasteiger partial charge on any atom is 0.416 e. The Kier molecular flexibility index (Phi) is 5.23. The van der Waals surface area contributed by atoms with Crippen molar-refractivity contribution in [2.24, 2.45) is 0 Å². The van der Waals surface area contributed by atoms with Crippen LogP contribution in [0.4, 0.5) is 29.3 Å². The van der Waals surface area contributed by atoms with Gasteiger partial charge in [0.05, 0.1) is 11.6 Å². The van der Waals surface area contributed by atoms with Crippen LogP contribution in [0.2, 0.25) is 0 Å². The number of amides is 1. The predicted octanol–water partition coefficient (Wildman–Crippen LogP) is 4.69. The topological polar surface area (TPSA) is 54.5 Å². The van der Waals surface area contributed by atoms with Crippen LogP contribution in [-0.4, -0.2) is 29.3 Å². The Morgan fingerprint density at radius 3 is 2.46 bits per heavy atom. The van der Waals surface area contributed by atoms with Gasteiger partial charge in [-0.15, -0.1) is 0 Å². The molecule has 0 saturated carbocycles. The standard InChI is InChI=1S/C20H22F3N3O2/c1-19(2,3)28-18(27)25-15-10-13-11-24-9-8-17(13)26(12-15)16-6-4-14(5-7-16)20(21,22)23/h4-9,11,15H,10,12H2,1-3H3,(H,25,27). The monoisotopic (exact) mass is 393 g/mol. The van der Waals surface area contributed by atoms with Gasteiger partial charge in [-0.1, -0.05) is 0 Å². The lowest BCUT2D eigenvalue weighted by Gasteiger charge is -2.36. The van der Waals surface area contributed by atoms with Gasteiger partial charge in [0.1, 0.15) is 5.60 Å². The number of ether oxygens (including phenoxy) is 1. The molecule has 1 aliphatic heterocycles. The zero-order valence-corrected chi connectivity index (χ0v) is 15.9. The van der Waals surface area contributed by atoms with Gasteiger partial charge in [-0.3, -0.25) is 4.98 Å². The number of rotatable bonds is 2. The van der Waals surface area contributed by atoms with Crippen LogP contribution in [0, 0.1) is 0 Å². The van der Waals surface area contributed by atoms with Gasteiger partial charge in [-0.25, -0.2) is 4.79 Å². The van der Waals surface area contributed by atoms with Crippen molar-refractivity contribution in [3.05, 3.63) is 53.9 Å². The molecule has 2 heterocycles. The minimum Gasteiger partial charge on any atom is -0.444 e. The first-order valence-corrected chi connectivity index (χ1v) is 8.90. The maximum atomic E-state index is 12.9. The van der Waals surface area contributed by atoms with Gasteiger partial charge in [0.25, 0.3) is 0 Å². The third-order valence-electron chi connectivity index (χ3n) is 4.27. The number of alkyl halides is 3. The molecule has 0 bridgehead atoms. The highest BCUT2D eigenvalue weighted by molar-refractivity contribution is 5.71. The highest BCUT2D eigenvalue weighted by Gasteiger charge is 2.31. The van der Waals surface area contributed by atoms with E-state index >= 15 is 0 Å². The number of benzene rings is 1. The van der Waals surface area contributed by atoms with Crippen LogP contribution >= 0.6 is 0 Å². The summed E-state index contributed by atoms with van der Waals surface area (Å²) in [6.45, 7) is 5.74. The van der Waals surface area contributed by atoms with E-state index in [4.69, 9.17) is 4.74 Å². The van der Waals surface area contributed by atoms with Crippen molar-refractivity contribution in [3.8, 4) is 0 Å². The number of carbonyl (C=O) groups is 1. The number of nitrogens with zero attached hydrogens (tertiary/aromatic N) is 2. The van der Waals surface area contributed by atoms with Crippen LogP contribution < -0.4 is 10.2 Å². The summed E-state index contributed by atoms with van der Waals surface area (Å²) in [4.78, 5) is 18.1. The first-order chi connectivity index (χ1) is 13.0. The Labute approximate surface area is 161 Å². The average Bonchev–Trinajstić information content (AvgIpc) is 2.58. The molecule has 0 aliphatic carbocycles. The lowest BCUT2D eigenvalue weighted by Crippen LogP contribution is -2.48. The molecule has 1 aromatic heterocycles. The molecule has 1 unspecified atom stereocenters. The summed E-state index contributed by atoms with van der Waals surface area (Å²) in [7, 11) is 0. The summed E-state index contributed by atoms with van der Waals surface area (Å²) in [6.07, 6.45) is -1.02. The number of nitrogens with one attached hydrogen (secondary N) is 1. The van der Waals surface area contributed by atoms with Crippen molar-refractivity contribution in [1.29, 1.82) is 0 Å². The number of carbonyl (C=O) groups excluding carboxylic acids is 1. The molecule has 0 fully saturated rings. The fourth-order valence-corrected chi connectivity index (χ4v) is 3.13. The first-order valence-electron chi connectivity index (χ1n) is 8.90. The molecule has 2 aromatic rings. The van der Waals surface area contributed by atoms with Crippen LogP contribution in [0.3, 0.4) is 0 Å². The Balaban J connectivity index is 1.84. The largest absolute Gasteiger partial charge is 0.444 e. The van der Waals surface area contributed by atoms with Gasteiger partial charge in [0, 0.05) is 30.3 Å². The fourth-order valence-electron chi connectivity index (χ4n) is 3.13. The Morgan fingerprint density at radius 1 is 1.18 bits per heavy atom. The number of hydrogen-bond acceptors (Lipinski definition) is 4. The zero-order valence-electron chi connectivity index (χ0n) is 15.9. The van der Waals surface area contributed by atoms with E-state index < -0.39 is 23.4 Å². The highest BCUT2D eigenvalue weighted by atomic mass is 19.4. The van der Waals surface area contributed by atoms with E-state index in [2.05, 4.69) is 10.3 Å². The molecule has 1 N–H and O–H groups in total. The SMILES string of the molecule is CC(C)(C)OC(=O)NC1Cc2cnccc2N(c2ccc(C(F)(F)F)cc2)C1. The lowest BCUT2D eigenvalue weighted by molar-refractivity contribution is -0.137. The van der Waals surface area contributed by atoms with Crippen LogP contribution in [0.5, 0.6) is 0 Å². The molecule has 1 aromatic carbocycles. The van der Waals surface area contributed by atoms with E-state index in [9.17, 15) is 18.0 Å². The lowest BCUT2D eigenvalue weighted by atomic mass is 9.99. The Morgan fingerprint density at radius 2 is 1.86 bits per heavy atom. The summed E-state index contributed by atoms with van der Waals surface area (Å²) in [5.74, 6) is 0. The number of pyridine rings is 1. The molecule has 3 rings (SSSR count). The van der Waals surface area contributed by atoms with Crippen molar-refractivity contribution in [3.63, 3.8) is 0 Å². The van der Waals surface area contributed by atoms with Crippen molar-refractivity contribution < 1.29 is 22.7 Å². The molecule has 5 nitrogen and oxygen atoms in total. The second-order valence-corrected chi connectivity index (χ2v) is 7.71. The van der Waals surface area contributed by atoms with Crippen LogP contribution in [-0.2, 0) is 17.3 Å². The normalized spacial score (nSPS) is 17.1. The van der Waals surface area contributed by atoms with Crippen molar-refractivity contribution in [2.45, 2.75) is 45.0 Å². The van der Waals surface area contributed by atoms with Crippen molar-refractivity contribution in [2.75, 3.05) is 11.4 Å². The Bertz CT molecular complexity index is 845. The van der Waals surface area contributed by atoms with Crippen molar-refractivity contribution >= 4 is 17.5 Å². The average molecular weight is 393 g/mol. The molecule has 0 radical (unpaired) electrons. The second kappa shape index (κ2) is 7.33. The van der Waals surface area contributed by atoms with Gasteiger partial charge in [0.15, 0.2) is 0 Å². The molecule has 8 heteroatoms. The number of fused-ring (bicyclic) bond motifs is 1. The van der Waals surface area contributed by atoms with Crippen LogP contribution in [0.15, 0.2) is 42.7 Å². The van der Waals surface area contributed by atoms with E-state index in [0.29, 0.717) is 18.7 Å². The maximum absolute atomic E-state index is 12.9. The molecule has 1 atom stereocenters. The van der Waals surface area contributed by atoms with Crippen LogP contribution in [0.1, 0.15) is 31.9 Å². The number of halogens is 3.